The van der Waals surface area contributed by atoms with Crippen molar-refractivity contribution >= 4 is 11.9 Å². The lowest BCUT2D eigenvalue weighted by atomic mass is 9.92. The van der Waals surface area contributed by atoms with Crippen LogP contribution in [0.5, 0.6) is 0 Å². The third-order valence-electron chi connectivity index (χ3n) is 3.45. The van der Waals surface area contributed by atoms with Gasteiger partial charge in [-0.15, -0.1) is 0 Å². The van der Waals surface area contributed by atoms with E-state index >= 15 is 0 Å². The fraction of sp³-hybridized carbons (Fsp3) is 0.211. The third-order valence-corrected chi connectivity index (χ3v) is 3.45. The van der Waals surface area contributed by atoms with Crippen molar-refractivity contribution in [1.82, 2.24) is 0 Å². The first-order chi connectivity index (χ1) is 9.66. The van der Waals surface area contributed by atoms with E-state index in [0.29, 0.717) is 0 Å². The molecule has 0 amide bonds. The molecule has 2 aromatic carbocycles. The summed E-state index contributed by atoms with van der Waals surface area (Å²) in [7, 11) is 0. The Hall–Kier alpha value is -2.15. The molecule has 0 aromatic heterocycles. The van der Waals surface area contributed by atoms with E-state index in [-0.39, 0.29) is 11.7 Å². The maximum atomic E-state index is 11.8. The lowest BCUT2D eigenvalue weighted by molar-refractivity contribution is -0.118. The summed E-state index contributed by atoms with van der Waals surface area (Å²) < 4.78 is 0. The first-order valence-corrected chi connectivity index (χ1v) is 6.95. The molecule has 0 aliphatic carbocycles. The van der Waals surface area contributed by atoms with Crippen LogP contribution in [0.1, 0.15) is 36.0 Å². The molecule has 20 heavy (non-hydrogen) atoms. The predicted octanol–water partition coefficient (Wildman–Crippen LogP) is 4.77. The molecule has 0 N–H and O–H groups in total. The maximum absolute atomic E-state index is 11.8. The van der Waals surface area contributed by atoms with E-state index in [4.69, 9.17) is 0 Å². The monoisotopic (exact) mass is 264 g/mol. The van der Waals surface area contributed by atoms with Gasteiger partial charge in [0.15, 0.2) is 0 Å². The van der Waals surface area contributed by atoms with Crippen molar-refractivity contribution in [3.8, 4) is 0 Å². The Kier molecular flexibility index (Phi) is 4.89. The van der Waals surface area contributed by atoms with Crippen molar-refractivity contribution in [1.29, 1.82) is 0 Å². The fourth-order valence-corrected chi connectivity index (χ4v) is 2.24. The largest absolute Gasteiger partial charge is 0.299 e. The quantitative estimate of drug-likeness (QED) is 0.760. The molecular weight excluding hydrogens is 244 g/mol. The van der Waals surface area contributed by atoms with Crippen molar-refractivity contribution in [2.24, 2.45) is 0 Å². The highest BCUT2D eigenvalue weighted by atomic mass is 16.1. The molecule has 0 aliphatic heterocycles. The first kappa shape index (κ1) is 14.3. The van der Waals surface area contributed by atoms with Crippen LogP contribution in [0.3, 0.4) is 0 Å². The molecule has 2 aromatic rings. The molecule has 1 nitrogen and oxygen atoms in total. The predicted molar refractivity (Wildman–Crippen MR) is 84.7 cm³/mol. The van der Waals surface area contributed by atoms with Gasteiger partial charge in [0.25, 0.3) is 0 Å². The van der Waals surface area contributed by atoms with Crippen LogP contribution in [0.2, 0.25) is 0 Å². The van der Waals surface area contributed by atoms with Gasteiger partial charge < -0.3 is 0 Å². The Morgan fingerprint density at radius 3 is 2.30 bits per heavy atom. The topological polar surface area (TPSA) is 17.1 Å². The van der Waals surface area contributed by atoms with Gasteiger partial charge in [0.2, 0.25) is 0 Å². The van der Waals surface area contributed by atoms with E-state index in [0.717, 1.165) is 12.0 Å². The lowest BCUT2D eigenvalue weighted by Gasteiger charge is -2.11. The van der Waals surface area contributed by atoms with Gasteiger partial charge in [-0.3, -0.25) is 4.79 Å². The zero-order chi connectivity index (χ0) is 14.4. The second-order valence-electron chi connectivity index (χ2n) is 5.12. The lowest BCUT2D eigenvalue weighted by Crippen LogP contribution is -2.07. The van der Waals surface area contributed by atoms with Crippen molar-refractivity contribution in [3.63, 3.8) is 0 Å². The molecule has 1 unspecified atom stereocenters. The summed E-state index contributed by atoms with van der Waals surface area (Å²) in [5.74, 6) is 0.169. The number of ketones is 1. The van der Waals surface area contributed by atoms with Crippen molar-refractivity contribution in [2.75, 3.05) is 0 Å². The van der Waals surface area contributed by atoms with E-state index < -0.39 is 0 Å². The molecule has 0 saturated heterocycles. The van der Waals surface area contributed by atoms with Crippen LogP contribution in [0.25, 0.3) is 6.08 Å². The van der Waals surface area contributed by atoms with E-state index in [9.17, 15) is 4.79 Å². The number of allylic oxidation sites excluding steroid dienone is 1. The summed E-state index contributed by atoms with van der Waals surface area (Å²) in [6.07, 6.45) is 4.91. The summed E-state index contributed by atoms with van der Waals surface area (Å²) in [6, 6.07) is 18.4. The highest BCUT2D eigenvalue weighted by Crippen LogP contribution is 2.21. The molecule has 102 valence electrons. The minimum atomic E-state index is -0.0436. The molecule has 0 saturated carbocycles. The number of rotatable bonds is 5. The van der Waals surface area contributed by atoms with Crippen LogP contribution >= 0.6 is 0 Å². The summed E-state index contributed by atoms with van der Waals surface area (Å²) >= 11 is 0. The molecule has 0 heterocycles. The van der Waals surface area contributed by atoms with Crippen LogP contribution in [0.15, 0.2) is 60.7 Å². The Labute approximate surface area is 121 Å². The zero-order valence-corrected chi connectivity index (χ0v) is 12.0. The van der Waals surface area contributed by atoms with E-state index in [1.807, 2.05) is 30.3 Å². The molecule has 0 radical (unpaired) electrons. The van der Waals surface area contributed by atoms with Crippen molar-refractivity contribution in [3.05, 3.63) is 77.4 Å². The third kappa shape index (κ3) is 3.92. The minimum Gasteiger partial charge on any atom is -0.299 e. The van der Waals surface area contributed by atoms with Gasteiger partial charge in [-0.25, -0.2) is 0 Å². The standard InChI is InChI=1S/C19H20O/c1-15-11-13-17(14-12-15)7-6-10-19(16(2)20)18-8-4-3-5-9-18/h3-9,11-14,19H,10H2,1-2H3. The number of Topliss-reactive ketones (excluding diaryl/α,β-unsaturated/α-hetero) is 1. The van der Waals surface area contributed by atoms with Crippen LogP contribution in [-0.4, -0.2) is 5.78 Å². The molecule has 0 fully saturated rings. The van der Waals surface area contributed by atoms with Crippen molar-refractivity contribution < 1.29 is 4.79 Å². The van der Waals surface area contributed by atoms with Gasteiger partial charge >= 0.3 is 0 Å². The number of hydrogen-bond donors (Lipinski definition) is 0. The van der Waals surface area contributed by atoms with Crippen molar-refractivity contribution in [2.45, 2.75) is 26.2 Å². The summed E-state index contributed by atoms with van der Waals surface area (Å²) in [5.41, 5.74) is 3.52. The Balaban J connectivity index is 2.06. The summed E-state index contributed by atoms with van der Waals surface area (Å²) in [5, 5.41) is 0. The number of aryl methyl sites for hydroxylation is 1. The molecule has 0 spiro atoms. The second-order valence-corrected chi connectivity index (χ2v) is 5.12. The second kappa shape index (κ2) is 6.85. The molecule has 1 atom stereocenters. The average Bonchev–Trinajstić information content (AvgIpc) is 2.46. The van der Waals surface area contributed by atoms with Gasteiger partial charge in [-0.2, -0.15) is 0 Å². The van der Waals surface area contributed by atoms with Crippen LogP contribution in [-0.2, 0) is 4.79 Å². The van der Waals surface area contributed by atoms with Gasteiger partial charge in [0.1, 0.15) is 5.78 Å². The summed E-state index contributed by atoms with van der Waals surface area (Å²) in [4.78, 5) is 11.8. The van der Waals surface area contributed by atoms with E-state index in [1.165, 1.54) is 11.1 Å². The fourth-order valence-electron chi connectivity index (χ4n) is 2.24. The summed E-state index contributed by atoms with van der Waals surface area (Å²) in [6.45, 7) is 3.74. The van der Waals surface area contributed by atoms with Crippen LogP contribution in [0.4, 0.5) is 0 Å². The number of carbonyl (C=O) groups is 1. The van der Waals surface area contributed by atoms with Gasteiger partial charge in [-0.1, -0.05) is 72.3 Å². The maximum Gasteiger partial charge on any atom is 0.137 e. The highest BCUT2D eigenvalue weighted by molar-refractivity contribution is 5.83. The smallest absolute Gasteiger partial charge is 0.137 e. The molecule has 0 bridgehead atoms. The van der Waals surface area contributed by atoms with Crippen LogP contribution in [0, 0.1) is 6.92 Å². The Morgan fingerprint density at radius 1 is 1.05 bits per heavy atom. The van der Waals surface area contributed by atoms with Gasteiger partial charge in [-0.05, 0) is 31.4 Å². The first-order valence-electron chi connectivity index (χ1n) is 6.95. The van der Waals surface area contributed by atoms with E-state index in [2.05, 4.69) is 43.3 Å². The number of hydrogen-bond acceptors (Lipinski definition) is 1. The van der Waals surface area contributed by atoms with E-state index in [1.54, 1.807) is 6.92 Å². The Bertz CT molecular complexity index is 579. The SMILES string of the molecule is CC(=O)C(CC=Cc1ccc(C)cc1)c1ccccc1. The number of benzene rings is 2. The minimum absolute atomic E-state index is 0.0436. The number of carbonyl (C=O) groups excluding carboxylic acids is 1. The zero-order valence-electron chi connectivity index (χ0n) is 12.0. The average molecular weight is 264 g/mol. The van der Waals surface area contributed by atoms with Gasteiger partial charge in [0, 0.05) is 5.92 Å². The van der Waals surface area contributed by atoms with Crippen LogP contribution < -0.4 is 0 Å². The molecular formula is C19H20O. The normalized spacial score (nSPS) is 12.5. The molecule has 1 heteroatoms. The highest BCUT2D eigenvalue weighted by Gasteiger charge is 2.14. The van der Waals surface area contributed by atoms with Gasteiger partial charge in [0.05, 0.1) is 0 Å². The molecule has 2 rings (SSSR count). The molecule has 0 aliphatic rings. The Morgan fingerprint density at radius 2 is 1.70 bits per heavy atom.